The van der Waals surface area contributed by atoms with Gasteiger partial charge in [-0.25, -0.2) is 8.42 Å². The average molecular weight is 235 g/mol. The second kappa shape index (κ2) is 4.81. The Morgan fingerprint density at radius 1 is 1.64 bits per heavy atom. The Hall–Kier alpha value is -0.530. The van der Waals surface area contributed by atoms with Gasteiger partial charge in [0.05, 0.1) is 35.4 Å². The Bertz CT molecular complexity index is 360. The van der Waals surface area contributed by atoms with Gasteiger partial charge in [-0.1, -0.05) is 0 Å². The highest BCUT2D eigenvalue weighted by atomic mass is 32.2. The average Bonchev–Trinajstić information content (AvgIpc) is 2.56. The SMILES string of the molecule is CNC(CCS(C)(=O)=O)c1cnsn1. The van der Waals surface area contributed by atoms with Crippen LogP contribution >= 0.6 is 11.7 Å². The summed E-state index contributed by atoms with van der Waals surface area (Å²) in [6.45, 7) is 0. The minimum absolute atomic E-state index is 0.0246. The standard InChI is InChI=1S/C7H13N3O2S2/c1-8-6(3-4-14(2,11)12)7-5-9-13-10-7/h5-6,8H,3-4H2,1-2H3. The van der Waals surface area contributed by atoms with Gasteiger partial charge in [0, 0.05) is 6.26 Å². The molecule has 1 aromatic heterocycles. The summed E-state index contributed by atoms with van der Waals surface area (Å²) in [5, 5.41) is 3.02. The van der Waals surface area contributed by atoms with E-state index in [1.54, 1.807) is 13.2 Å². The van der Waals surface area contributed by atoms with E-state index in [0.717, 1.165) is 17.4 Å². The van der Waals surface area contributed by atoms with Crippen LogP contribution in [0.1, 0.15) is 18.2 Å². The first kappa shape index (κ1) is 11.5. The number of sulfone groups is 1. The van der Waals surface area contributed by atoms with Gasteiger partial charge in [-0.2, -0.15) is 8.75 Å². The molecule has 1 heterocycles. The van der Waals surface area contributed by atoms with Gasteiger partial charge in [0.2, 0.25) is 0 Å². The molecule has 0 fully saturated rings. The summed E-state index contributed by atoms with van der Waals surface area (Å²) in [6.07, 6.45) is 3.42. The maximum atomic E-state index is 11.0. The molecule has 0 radical (unpaired) electrons. The van der Waals surface area contributed by atoms with Crippen molar-refractivity contribution in [2.75, 3.05) is 19.1 Å². The predicted octanol–water partition coefficient (Wildman–Crippen LogP) is 0.233. The molecule has 0 aromatic carbocycles. The van der Waals surface area contributed by atoms with Crippen LogP contribution in [0, 0.1) is 0 Å². The Morgan fingerprint density at radius 2 is 2.36 bits per heavy atom. The van der Waals surface area contributed by atoms with E-state index in [-0.39, 0.29) is 11.8 Å². The van der Waals surface area contributed by atoms with Crippen LogP contribution in [0.15, 0.2) is 6.20 Å². The van der Waals surface area contributed by atoms with Crippen molar-refractivity contribution in [3.8, 4) is 0 Å². The molecule has 0 amide bonds. The molecule has 1 rings (SSSR count). The van der Waals surface area contributed by atoms with E-state index in [2.05, 4.69) is 14.1 Å². The quantitative estimate of drug-likeness (QED) is 0.791. The van der Waals surface area contributed by atoms with Crippen molar-refractivity contribution in [3.63, 3.8) is 0 Å². The molecular formula is C7H13N3O2S2. The first-order valence-electron chi connectivity index (χ1n) is 4.15. The first-order chi connectivity index (χ1) is 6.53. The molecule has 0 aliphatic rings. The smallest absolute Gasteiger partial charge is 0.147 e. The molecule has 0 aliphatic carbocycles. The minimum Gasteiger partial charge on any atom is -0.312 e. The second-order valence-electron chi connectivity index (χ2n) is 3.09. The summed E-state index contributed by atoms with van der Waals surface area (Å²) >= 11 is 1.13. The molecule has 0 spiro atoms. The molecule has 80 valence electrons. The summed E-state index contributed by atoms with van der Waals surface area (Å²) in [5.74, 6) is 0.163. The number of nitrogens with zero attached hydrogens (tertiary/aromatic N) is 2. The molecule has 14 heavy (non-hydrogen) atoms. The van der Waals surface area contributed by atoms with Gasteiger partial charge in [0.15, 0.2) is 0 Å². The molecule has 0 aliphatic heterocycles. The van der Waals surface area contributed by atoms with Crippen LogP contribution < -0.4 is 5.32 Å². The normalized spacial score (nSPS) is 14.1. The van der Waals surface area contributed by atoms with Crippen LogP contribution in [0.3, 0.4) is 0 Å². The van der Waals surface area contributed by atoms with Crippen LogP contribution in [-0.4, -0.2) is 36.2 Å². The Morgan fingerprint density at radius 3 is 2.79 bits per heavy atom. The van der Waals surface area contributed by atoms with Crippen LogP contribution in [0.25, 0.3) is 0 Å². The first-order valence-corrected chi connectivity index (χ1v) is 6.94. The fraction of sp³-hybridized carbons (Fsp3) is 0.714. The third kappa shape index (κ3) is 3.69. The molecule has 0 bridgehead atoms. The van der Waals surface area contributed by atoms with E-state index >= 15 is 0 Å². The van der Waals surface area contributed by atoms with Crippen molar-refractivity contribution in [1.29, 1.82) is 0 Å². The number of aromatic nitrogens is 2. The molecule has 0 saturated carbocycles. The lowest BCUT2D eigenvalue weighted by Crippen LogP contribution is -2.20. The zero-order valence-electron chi connectivity index (χ0n) is 8.10. The highest BCUT2D eigenvalue weighted by molar-refractivity contribution is 7.90. The minimum atomic E-state index is -2.91. The van der Waals surface area contributed by atoms with Crippen LogP contribution in [0.4, 0.5) is 0 Å². The van der Waals surface area contributed by atoms with Gasteiger partial charge < -0.3 is 5.32 Å². The van der Waals surface area contributed by atoms with Crippen molar-refractivity contribution < 1.29 is 8.42 Å². The van der Waals surface area contributed by atoms with Gasteiger partial charge in [0.1, 0.15) is 9.84 Å². The summed E-state index contributed by atoms with van der Waals surface area (Å²) < 4.78 is 29.9. The lowest BCUT2D eigenvalue weighted by Gasteiger charge is -2.11. The maximum Gasteiger partial charge on any atom is 0.147 e. The summed E-state index contributed by atoms with van der Waals surface area (Å²) in [4.78, 5) is 0. The van der Waals surface area contributed by atoms with Gasteiger partial charge in [-0.05, 0) is 13.5 Å². The van der Waals surface area contributed by atoms with E-state index < -0.39 is 9.84 Å². The van der Waals surface area contributed by atoms with E-state index in [0.29, 0.717) is 6.42 Å². The largest absolute Gasteiger partial charge is 0.312 e. The molecule has 1 atom stereocenters. The Kier molecular flexibility index (Phi) is 3.97. The van der Waals surface area contributed by atoms with E-state index in [1.807, 2.05) is 0 Å². The zero-order valence-corrected chi connectivity index (χ0v) is 9.73. The van der Waals surface area contributed by atoms with E-state index in [9.17, 15) is 8.42 Å². The number of hydrogen-bond donors (Lipinski definition) is 1. The van der Waals surface area contributed by atoms with Crippen molar-refractivity contribution in [3.05, 3.63) is 11.9 Å². The van der Waals surface area contributed by atoms with Crippen molar-refractivity contribution in [2.24, 2.45) is 0 Å². The Balaban J connectivity index is 2.57. The Labute approximate surface area is 87.8 Å². The van der Waals surface area contributed by atoms with Gasteiger partial charge in [-0.3, -0.25) is 0 Å². The monoisotopic (exact) mass is 235 g/mol. The van der Waals surface area contributed by atoms with Crippen molar-refractivity contribution >= 4 is 21.6 Å². The lowest BCUT2D eigenvalue weighted by atomic mass is 10.2. The fourth-order valence-electron chi connectivity index (χ4n) is 1.10. The summed E-state index contributed by atoms with van der Waals surface area (Å²) in [5.41, 5.74) is 0.807. The van der Waals surface area contributed by atoms with E-state index in [1.165, 1.54) is 6.26 Å². The summed E-state index contributed by atoms with van der Waals surface area (Å²) in [7, 11) is -1.12. The molecular weight excluding hydrogens is 222 g/mol. The van der Waals surface area contributed by atoms with Gasteiger partial charge in [-0.15, -0.1) is 0 Å². The number of rotatable bonds is 5. The molecule has 1 aromatic rings. The maximum absolute atomic E-state index is 11.0. The van der Waals surface area contributed by atoms with Gasteiger partial charge in [0.25, 0.3) is 0 Å². The van der Waals surface area contributed by atoms with Crippen molar-refractivity contribution in [1.82, 2.24) is 14.1 Å². The van der Waals surface area contributed by atoms with Crippen LogP contribution in [0.5, 0.6) is 0 Å². The lowest BCUT2D eigenvalue weighted by molar-refractivity contribution is 0.551. The topological polar surface area (TPSA) is 72.0 Å². The highest BCUT2D eigenvalue weighted by Crippen LogP contribution is 2.14. The molecule has 0 saturated heterocycles. The highest BCUT2D eigenvalue weighted by Gasteiger charge is 2.14. The number of hydrogen-bond acceptors (Lipinski definition) is 6. The summed E-state index contributed by atoms with van der Waals surface area (Å²) in [6, 6.07) is -0.0246. The zero-order chi connectivity index (χ0) is 10.6. The van der Waals surface area contributed by atoms with Crippen molar-refractivity contribution in [2.45, 2.75) is 12.5 Å². The molecule has 5 nitrogen and oxygen atoms in total. The predicted molar refractivity (Wildman–Crippen MR) is 56.0 cm³/mol. The van der Waals surface area contributed by atoms with Gasteiger partial charge >= 0.3 is 0 Å². The third-order valence-electron chi connectivity index (χ3n) is 1.86. The molecule has 7 heteroatoms. The second-order valence-corrected chi connectivity index (χ2v) is 5.91. The van der Waals surface area contributed by atoms with E-state index in [4.69, 9.17) is 0 Å². The number of nitrogens with one attached hydrogen (secondary N) is 1. The third-order valence-corrected chi connectivity index (χ3v) is 3.33. The van der Waals surface area contributed by atoms with Crippen LogP contribution in [-0.2, 0) is 9.84 Å². The fourth-order valence-corrected chi connectivity index (χ4v) is 2.23. The van der Waals surface area contributed by atoms with Crippen LogP contribution in [0.2, 0.25) is 0 Å². The molecule has 1 unspecified atom stereocenters. The molecule has 1 N–H and O–H groups in total.